The van der Waals surface area contributed by atoms with Gasteiger partial charge >= 0.3 is 0 Å². The number of hydrogen-bond acceptors (Lipinski definition) is 3. The third kappa shape index (κ3) is 11.6. The molecular weight excluding hydrogens is 362 g/mol. The lowest BCUT2D eigenvalue weighted by molar-refractivity contribution is -0.126. The van der Waals surface area contributed by atoms with Crippen molar-refractivity contribution < 1.29 is 14.7 Å². The molecular formula is C25H39NO3. The van der Waals surface area contributed by atoms with E-state index in [2.05, 4.69) is 43.3 Å². The number of amides is 1. The number of aliphatic hydroxyl groups is 1. The zero-order valence-electron chi connectivity index (χ0n) is 18.2. The molecule has 3 N–H and O–H groups in total. The average molecular weight is 402 g/mol. The molecule has 1 aliphatic rings. The molecule has 4 heteroatoms. The monoisotopic (exact) mass is 401 g/mol. The van der Waals surface area contributed by atoms with Crippen LogP contribution < -0.4 is 5.73 Å². The number of nitrogens with two attached hydrogens (primary N) is 1. The number of Topliss-reactive ketones (excluding diaryl/α,β-unsaturated/α-hetero) is 1. The minimum atomic E-state index is -0.968. The van der Waals surface area contributed by atoms with Crippen molar-refractivity contribution in [2.45, 2.75) is 90.6 Å². The van der Waals surface area contributed by atoms with Crippen LogP contribution in [0.25, 0.3) is 0 Å². The Morgan fingerprint density at radius 2 is 1.83 bits per heavy atom. The first-order valence-corrected chi connectivity index (χ1v) is 11.1. The smallest absolute Gasteiger partial charge is 0.246 e. The van der Waals surface area contributed by atoms with E-state index < -0.39 is 12.0 Å². The van der Waals surface area contributed by atoms with E-state index in [1.165, 1.54) is 36.8 Å². The van der Waals surface area contributed by atoms with Crippen LogP contribution in [0.1, 0.15) is 82.8 Å². The molecule has 0 aromatic heterocycles. The number of hydrogen-bond donors (Lipinski definition) is 2. The normalized spacial score (nSPS) is 15.1. The maximum Gasteiger partial charge on any atom is 0.246 e. The predicted molar refractivity (Wildman–Crippen MR) is 120 cm³/mol. The van der Waals surface area contributed by atoms with Gasteiger partial charge in [0.25, 0.3) is 0 Å². The molecule has 4 nitrogen and oxygen atoms in total. The molecule has 1 aromatic carbocycles. The summed E-state index contributed by atoms with van der Waals surface area (Å²) in [7, 11) is 0. The number of carbonyl (C=O) groups excluding carboxylic acids is 2. The summed E-state index contributed by atoms with van der Waals surface area (Å²) < 4.78 is 0. The number of carbonyl (C=O) groups is 2. The molecule has 1 aliphatic carbocycles. The summed E-state index contributed by atoms with van der Waals surface area (Å²) in [5.41, 5.74) is 7.76. The Kier molecular flexibility index (Phi) is 13.0. The first-order chi connectivity index (χ1) is 13.9. The Labute approximate surface area is 176 Å². The summed E-state index contributed by atoms with van der Waals surface area (Å²) in [6, 6.07) is 8.48. The molecule has 1 amide bonds. The summed E-state index contributed by atoms with van der Waals surface area (Å²) in [4.78, 5) is 21.3. The van der Waals surface area contributed by atoms with Crippen LogP contribution in [0.15, 0.2) is 36.4 Å². The summed E-state index contributed by atoms with van der Waals surface area (Å²) in [6.07, 6.45) is 14.9. The zero-order chi connectivity index (χ0) is 21.5. The number of allylic oxidation sites excluding steroid dienone is 2. The molecule has 2 rings (SSSR count). The van der Waals surface area contributed by atoms with Crippen LogP contribution in [-0.4, -0.2) is 22.9 Å². The second kappa shape index (κ2) is 15.0. The maximum absolute atomic E-state index is 10.8. The topological polar surface area (TPSA) is 80.4 Å². The van der Waals surface area contributed by atoms with E-state index in [-0.39, 0.29) is 0 Å². The van der Waals surface area contributed by atoms with Crippen molar-refractivity contribution in [3.63, 3.8) is 0 Å². The number of ketones is 1. The fourth-order valence-corrected chi connectivity index (χ4v) is 3.68. The Hall–Kier alpha value is -1.94. The molecule has 1 aromatic rings. The molecule has 0 aliphatic heterocycles. The van der Waals surface area contributed by atoms with Gasteiger partial charge in [-0.2, -0.15) is 0 Å². The van der Waals surface area contributed by atoms with E-state index in [0.29, 0.717) is 18.6 Å². The Bertz CT molecular complexity index is 633. The van der Waals surface area contributed by atoms with Crippen LogP contribution in [0.5, 0.6) is 0 Å². The molecule has 29 heavy (non-hydrogen) atoms. The standard InChI is InChI=1S/C13H18O.C12H21NO2/c1-3-12-8-4-5-9-13(12)10-6-7-11(2)14;13-12(15)11(14)9-3-1-2-6-10-7-4-5-8-10/h4-5,8-9H,3,6-7,10H2,1-2H3;2,6,10-11,14H,1,3-5,7-9H2,(H2,13,15)/b;6-2+. The molecule has 0 heterocycles. The van der Waals surface area contributed by atoms with Crippen molar-refractivity contribution in [2.24, 2.45) is 11.7 Å². The highest BCUT2D eigenvalue weighted by Gasteiger charge is 2.11. The van der Waals surface area contributed by atoms with Gasteiger partial charge in [0.2, 0.25) is 5.91 Å². The molecule has 0 spiro atoms. The molecule has 1 fully saturated rings. The summed E-state index contributed by atoms with van der Waals surface area (Å²) >= 11 is 0. The number of rotatable bonds is 11. The van der Waals surface area contributed by atoms with Crippen LogP contribution >= 0.6 is 0 Å². The number of benzene rings is 1. The van der Waals surface area contributed by atoms with Crippen molar-refractivity contribution in [3.8, 4) is 0 Å². The molecule has 0 bridgehead atoms. The van der Waals surface area contributed by atoms with E-state index in [1.807, 2.05) is 0 Å². The van der Waals surface area contributed by atoms with Crippen LogP contribution in [-0.2, 0) is 22.4 Å². The van der Waals surface area contributed by atoms with Gasteiger partial charge in [-0.25, -0.2) is 0 Å². The molecule has 0 saturated heterocycles. The summed E-state index contributed by atoms with van der Waals surface area (Å²) in [5.74, 6) is 0.444. The molecule has 1 atom stereocenters. The first-order valence-electron chi connectivity index (χ1n) is 11.1. The number of unbranched alkanes of at least 4 members (excludes halogenated alkanes) is 1. The molecule has 162 valence electrons. The van der Waals surface area contributed by atoms with Gasteiger partial charge in [0.05, 0.1) is 0 Å². The lowest BCUT2D eigenvalue weighted by Gasteiger charge is -2.06. The van der Waals surface area contributed by atoms with E-state index in [9.17, 15) is 9.59 Å². The van der Waals surface area contributed by atoms with Gasteiger partial charge in [-0.15, -0.1) is 0 Å². The van der Waals surface area contributed by atoms with Crippen LogP contribution in [0.3, 0.4) is 0 Å². The van der Waals surface area contributed by atoms with Crippen LogP contribution in [0, 0.1) is 5.92 Å². The highest BCUT2D eigenvalue weighted by Crippen LogP contribution is 2.25. The Morgan fingerprint density at radius 3 is 2.41 bits per heavy atom. The van der Waals surface area contributed by atoms with Gasteiger partial charge in [-0.1, -0.05) is 56.2 Å². The highest BCUT2D eigenvalue weighted by molar-refractivity contribution is 5.78. The third-order valence-corrected chi connectivity index (χ3v) is 5.46. The minimum Gasteiger partial charge on any atom is -0.383 e. The van der Waals surface area contributed by atoms with Gasteiger partial charge in [0.1, 0.15) is 11.9 Å². The Balaban J connectivity index is 0.000000291. The SMILES string of the molecule is CCc1ccccc1CCCC(C)=O.NC(=O)C(O)CCC/C=C/C1CCCC1. The van der Waals surface area contributed by atoms with Crippen LogP contribution in [0.2, 0.25) is 0 Å². The minimum absolute atomic E-state index is 0.291. The van der Waals surface area contributed by atoms with E-state index in [4.69, 9.17) is 10.8 Å². The van der Waals surface area contributed by atoms with Gasteiger partial charge in [0.15, 0.2) is 0 Å². The van der Waals surface area contributed by atoms with Crippen molar-refractivity contribution in [2.75, 3.05) is 0 Å². The molecule has 0 radical (unpaired) electrons. The van der Waals surface area contributed by atoms with Gasteiger partial charge in [-0.05, 0) is 75.3 Å². The van der Waals surface area contributed by atoms with E-state index in [1.54, 1.807) is 6.92 Å². The van der Waals surface area contributed by atoms with E-state index in [0.717, 1.165) is 38.0 Å². The quantitative estimate of drug-likeness (QED) is 0.408. The Morgan fingerprint density at radius 1 is 1.17 bits per heavy atom. The lowest BCUT2D eigenvalue weighted by atomic mass is 10.00. The van der Waals surface area contributed by atoms with Gasteiger partial charge < -0.3 is 15.6 Å². The second-order valence-corrected chi connectivity index (χ2v) is 8.00. The predicted octanol–water partition coefficient (Wildman–Crippen LogP) is 4.91. The highest BCUT2D eigenvalue weighted by atomic mass is 16.3. The van der Waals surface area contributed by atoms with Gasteiger partial charge in [-0.3, -0.25) is 4.79 Å². The van der Waals surface area contributed by atoms with Crippen molar-refractivity contribution >= 4 is 11.7 Å². The fraction of sp³-hybridized carbons (Fsp3) is 0.600. The van der Waals surface area contributed by atoms with Crippen LogP contribution in [0.4, 0.5) is 0 Å². The van der Waals surface area contributed by atoms with Crippen molar-refractivity contribution in [1.82, 2.24) is 0 Å². The second-order valence-electron chi connectivity index (χ2n) is 8.00. The summed E-state index contributed by atoms with van der Waals surface area (Å²) in [6.45, 7) is 3.83. The zero-order valence-corrected chi connectivity index (χ0v) is 18.2. The van der Waals surface area contributed by atoms with Crippen molar-refractivity contribution in [3.05, 3.63) is 47.5 Å². The van der Waals surface area contributed by atoms with Gasteiger partial charge in [0, 0.05) is 6.42 Å². The number of primary amides is 1. The first kappa shape index (κ1) is 25.1. The van der Waals surface area contributed by atoms with Crippen molar-refractivity contribution in [1.29, 1.82) is 0 Å². The largest absolute Gasteiger partial charge is 0.383 e. The molecule has 1 unspecified atom stereocenters. The van der Waals surface area contributed by atoms with E-state index >= 15 is 0 Å². The summed E-state index contributed by atoms with van der Waals surface area (Å²) in [5, 5.41) is 9.14. The fourth-order valence-electron chi connectivity index (χ4n) is 3.68. The average Bonchev–Trinajstić information content (AvgIpc) is 3.21. The lowest BCUT2D eigenvalue weighted by Crippen LogP contribution is -2.27. The maximum atomic E-state index is 10.8. The molecule has 1 saturated carbocycles. The number of aliphatic hydroxyl groups excluding tert-OH is 1. The third-order valence-electron chi connectivity index (χ3n) is 5.46. The number of aryl methyl sites for hydroxylation is 2.